The molecule has 0 bridgehead atoms. The molecular weight excluding hydrogens is 196 g/mol. The Morgan fingerprint density at radius 1 is 1.50 bits per heavy atom. The molecule has 0 aliphatic heterocycles. The van der Waals surface area contributed by atoms with Crippen molar-refractivity contribution < 1.29 is 0 Å². The first kappa shape index (κ1) is 9.33. The zero-order valence-electron chi connectivity index (χ0n) is 8.27. The maximum Gasteiger partial charge on any atom is 0.114 e. The van der Waals surface area contributed by atoms with Gasteiger partial charge in [-0.25, -0.2) is 9.67 Å². The Morgan fingerprint density at radius 2 is 2.36 bits per heavy atom. The summed E-state index contributed by atoms with van der Waals surface area (Å²) in [5.41, 5.74) is 0.942. The van der Waals surface area contributed by atoms with E-state index < -0.39 is 0 Å². The Kier molecular flexibility index (Phi) is 2.58. The molecule has 0 aliphatic rings. The minimum Gasteiger partial charge on any atom is -0.247 e. The van der Waals surface area contributed by atoms with Crippen LogP contribution in [0.5, 0.6) is 0 Å². The number of hydrogen-bond acceptors (Lipinski definition) is 4. The summed E-state index contributed by atoms with van der Waals surface area (Å²) in [5, 5.41) is 9.00. The Hall–Kier alpha value is -1.23. The van der Waals surface area contributed by atoms with Crippen molar-refractivity contribution in [3.63, 3.8) is 0 Å². The summed E-state index contributed by atoms with van der Waals surface area (Å²) in [4.78, 5) is 5.64. The van der Waals surface area contributed by atoms with Gasteiger partial charge in [-0.1, -0.05) is 12.1 Å². The molecule has 0 aromatic carbocycles. The lowest BCUT2D eigenvalue weighted by Gasteiger charge is -1.93. The van der Waals surface area contributed by atoms with E-state index in [-0.39, 0.29) is 0 Å². The second kappa shape index (κ2) is 3.88. The third-order valence-electron chi connectivity index (χ3n) is 1.90. The second-order valence-electron chi connectivity index (χ2n) is 3.13. The van der Waals surface area contributed by atoms with Crippen LogP contribution in [0.4, 0.5) is 0 Å². The smallest absolute Gasteiger partial charge is 0.114 e. The first-order chi connectivity index (χ1) is 6.78. The third kappa shape index (κ3) is 1.98. The van der Waals surface area contributed by atoms with Crippen LogP contribution in [0.3, 0.4) is 0 Å². The van der Waals surface area contributed by atoms with Gasteiger partial charge in [0.15, 0.2) is 0 Å². The van der Waals surface area contributed by atoms with Gasteiger partial charge < -0.3 is 0 Å². The second-order valence-corrected chi connectivity index (χ2v) is 4.33. The van der Waals surface area contributed by atoms with Crippen molar-refractivity contribution in [1.82, 2.24) is 20.0 Å². The molecule has 0 N–H and O–H groups in total. The number of nitrogens with zero attached hydrogens (tertiary/aromatic N) is 4. The number of hydrogen-bond donors (Lipinski definition) is 0. The molecule has 2 aromatic heterocycles. The fraction of sp³-hybridized carbons (Fsp3) is 0.444. The van der Waals surface area contributed by atoms with Gasteiger partial charge in [0.2, 0.25) is 0 Å². The number of aromatic nitrogens is 4. The topological polar surface area (TPSA) is 43.6 Å². The van der Waals surface area contributed by atoms with E-state index in [4.69, 9.17) is 0 Å². The Morgan fingerprint density at radius 3 is 2.93 bits per heavy atom. The predicted octanol–water partition coefficient (Wildman–Crippen LogP) is 1.65. The molecule has 0 amide bonds. The van der Waals surface area contributed by atoms with E-state index in [0.29, 0.717) is 0 Å². The molecule has 0 saturated carbocycles. The molecule has 0 unspecified atom stereocenters. The lowest BCUT2D eigenvalue weighted by atomic mass is 10.4. The van der Waals surface area contributed by atoms with Gasteiger partial charge in [0, 0.05) is 17.3 Å². The Bertz CT molecular complexity index is 418. The van der Waals surface area contributed by atoms with Crippen LogP contribution in [-0.2, 0) is 13.0 Å². The van der Waals surface area contributed by atoms with Crippen LogP contribution in [0, 0.1) is 6.92 Å². The molecule has 0 atom stereocenters. The largest absolute Gasteiger partial charge is 0.247 e. The average molecular weight is 208 g/mol. The number of aryl methyl sites for hydroxylation is 2. The van der Waals surface area contributed by atoms with E-state index >= 15 is 0 Å². The van der Waals surface area contributed by atoms with Crippen molar-refractivity contribution in [2.45, 2.75) is 26.8 Å². The molecule has 0 saturated heterocycles. The predicted molar refractivity (Wildman–Crippen MR) is 55.4 cm³/mol. The number of rotatable bonds is 3. The minimum absolute atomic E-state index is 0.728. The van der Waals surface area contributed by atoms with E-state index in [9.17, 15) is 0 Å². The molecule has 0 radical (unpaired) electrons. The van der Waals surface area contributed by atoms with Crippen molar-refractivity contribution in [1.29, 1.82) is 0 Å². The highest BCUT2D eigenvalue weighted by atomic mass is 32.1. The first-order valence-electron chi connectivity index (χ1n) is 4.58. The maximum atomic E-state index is 4.32. The maximum absolute atomic E-state index is 4.32. The van der Waals surface area contributed by atoms with E-state index in [1.54, 1.807) is 11.3 Å². The van der Waals surface area contributed by atoms with Crippen LogP contribution in [-0.4, -0.2) is 20.0 Å². The fourth-order valence-electron chi connectivity index (χ4n) is 1.20. The van der Waals surface area contributed by atoms with Crippen LogP contribution >= 0.6 is 11.3 Å². The first-order valence-corrected chi connectivity index (χ1v) is 5.40. The molecule has 5 heteroatoms. The van der Waals surface area contributed by atoms with E-state index in [2.05, 4.69) is 22.2 Å². The Labute approximate surface area is 86.6 Å². The van der Waals surface area contributed by atoms with E-state index in [1.165, 1.54) is 4.88 Å². The molecule has 0 spiro atoms. The highest BCUT2D eigenvalue weighted by Crippen LogP contribution is 2.14. The van der Waals surface area contributed by atoms with Crippen LogP contribution in [0.25, 0.3) is 0 Å². The quantitative estimate of drug-likeness (QED) is 0.770. The summed E-state index contributed by atoms with van der Waals surface area (Å²) in [6.45, 7) is 4.80. The van der Waals surface area contributed by atoms with Crippen molar-refractivity contribution in [2.24, 2.45) is 0 Å². The third-order valence-corrected chi connectivity index (χ3v) is 3.03. The van der Waals surface area contributed by atoms with Crippen molar-refractivity contribution in [3.8, 4) is 0 Å². The zero-order chi connectivity index (χ0) is 9.97. The molecule has 4 nitrogen and oxygen atoms in total. The van der Waals surface area contributed by atoms with Crippen molar-refractivity contribution >= 4 is 11.3 Å². The summed E-state index contributed by atoms with van der Waals surface area (Å²) in [6.07, 6.45) is 4.91. The monoisotopic (exact) mass is 208 g/mol. The standard InChI is InChI=1S/C9H12N4S/c1-3-8-4-10-9(14-8)6-13-5-7(2)11-12-13/h4-5H,3,6H2,1-2H3. The zero-order valence-corrected chi connectivity index (χ0v) is 9.08. The van der Waals surface area contributed by atoms with Gasteiger partial charge >= 0.3 is 0 Å². The molecule has 14 heavy (non-hydrogen) atoms. The summed E-state index contributed by atoms with van der Waals surface area (Å²) in [5.74, 6) is 0. The van der Waals surface area contributed by atoms with Crippen molar-refractivity contribution in [2.75, 3.05) is 0 Å². The average Bonchev–Trinajstić information content (AvgIpc) is 2.76. The summed E-state index contributed by atoms with van der Waals surface area (Å²) < 4.78 is 1.81. The summed E-state index contributed by atoms with van der Waals surface area (Å²) >= 11 is 1.74. The fourth-order valence-corrected chi connectivity index (χ4v) is 2.05. The Balaban J connectivity index is 2.10. The highest BCUT2D eigenvalue weighted by molar-refractivity contribution is 7.11. The van der Waals surface area contributed by atoms with E-state index in [1.807, 2.05) is 24.0 Å². The van der Waals surface area contributed by atoms with E-state index in [0.717, 1.165) is 23.7 Å². The van der Waals surface area contributed by atoms with Gasteiger partial charge in [0.1, 0.15) is 5.01 Å². The van der Waals surface area contributed by atoms with Gasteiger partial charge in [0.25, 0.3) is 0 Å². The lowest BCUT2D eigenvalue weighted by molar-refractivity contribution is 0.647. The highest BCUT2D eigenvalue weighted by Gasteiger charge is 2.02. The van der Waals surface area contributed by atoms with Gasteiger partial charge in [-0.3, -0.25) is 0 Å². The SMILES string of the molecule is CCc1cnc(Cn2cc(C)nn2)s1. The van der Waals surface area contributed by atoms with Gasteiger partial charge in [-0.05, 0) is 13.3 Å². The number of thiazole rings is 1. The molecule has 74 valence electrons. The molecule has 2 rings (SSSR count). The van der Waals surface area contributed by atoms with Crippen LogP contribution < -0.4 is 0 Å². The van der Waals surface area contributed by atoms with Gasteiger partial charge in [-0.2, -0.15) is 0 Å². The molecule has 0 fully saturated rings. The van der Waals surface area contributed by atoms with Crippen LogP contribution in [0.1, 0.15) is 22.5 Å². The minimum atomic E-state index is 0.728. The summed E-state index contributed by atoms with van der Waals surface area (Å²) in [7, 11) is 0. The van der Waals surface area contributed by atoms with Gasteiger partial charge in [0.05, 0.1) is 12.2 Å². The molecule has 0 aliphatic carbocycles. The molecule has 2 aromatic rings. The lowest BCUT2D eigenvalue weighted by Crippen LogP contribution is -1.99. The van der Waals surface area contributed by atoms with Gasteiger partial charge in [-0.15, -0.1) is 16.4 Å². The van der Waals surface area contributed by atoms with Crippen molar-refractivity contribution in [3.05, 3.63) is 28.0 Å². The normalized spacial score (nSPS) is 10.7. The van der Waals surface area contributed by atoms with Crippen LogP contribution in [0.2, 0.25) is 0 Å². The molecular formula is C9H12N4S. The summed E-state index contributed by atoms with van der Waals surface area (Å²) in [6, 6.07) is 0. The molecule has 2 heterocycles. The van der Waals surface area contributed by atoms with Crippen LogP contribution in [0.15, 0.2) is 12.4 Å².